The van der Waals surface area contributed by atoms with Crippen LogP contribution in [0.2, 0.25) is 0 Å². The van der Waals surface area contributed by atoms with E-state index in [1.807, 2.05) is 30.3 Å². The molecule has 0 spiro atoms. The summed E-state index contributed by atoms with van der Waals surface area (Å²) in [6.45, 7) is 0.599. The first kappa shape index (κ1) is 8.74. The minimum absolute atomic E-state index is 0.599. The standard InChI is InChI=1S/C9H12N2O/c10-7-4-8-11-12-9-5-2-1-3-6-9/h1-3,5-6,8H,4,7,10H2. The van der Waals surface area contributed by atoms with Crippen molar-refractivity contribution in [2.75, 3.05) is 6.54 Å². The molecule has 0 atom stereocenters. The molecule has 3 heteroatoms. The van der Waals surface area contributed by atoms with Crippen molar-refractivity contribution in [1.82, 2.24) is 0 Å². The van der Waals surface area contributed by atoms with Gasteiger partial charge in [-0.3, -0.25) is 0 Å². The van der Waals surface area contributed by atoms with E-state index < -0.39 is 0 Å². The van der Waals surface area contributed by atoms with Crippen LogP contribution >= 0.6 is 0 Å². The van der Waals surface area contributed by atoms with Crippen LogP contribution in [-0.4, -0.2) is 12.8 Å². The van der Waals surface area contributed by atoms with Crippen LogP contribution in [0.5, 0.6) is 5.75 Å². The normalized spacial score (nSPS) is 10.4. The third-order valence-corrected chi connectivity index (χ3v) is 1.27. The maximum Gasteiger partial charge on any atom is 0.157 e. The molecule has 0 saturated heterocycles. The molecular formula is C9H12N2O. The number of hydrogen-bond donors (Lipinski definition) is 1. The second-order valence-corrected chi connectivity index (χ2v) is 2.27. The highest BCUT2D eigenvalue weighted by Crippen LogP contribution is 2.07. The van der Waals surface area contributed by atoms with Crippen LogP contribution in [0.15, 0.2) is 35.5 Å². The van der Waals surface area contributed by atoms with Crippen LogP contribution in [0.1, 0.15) is 6.42 Å². The highest BCUT2D eigenvalue weighted by Gasteiger charge is 1.85. The Labute approximate surface area is 71.8 Å². The number of hydrogen-bond acceptors (Lipinski definition) is 3. The molecule has 0 radical (unpaired) electrons. The summed E-state index contributed by atoms with van der Waals surface area (Å²) in [4.78, 5) is 5.02. The molecule has 64 valence electrons. The summed E-state index contributed by atoms with van der Waals surface area (Å²) >= 11 is 0. The number of benzene rings is 1. The van der Waals surface area contributed by atoms with Gasteiger partial charge in [-0.25, -0.2) is 0 Å². The zero-order chi connectivity index (χ0) is 8.65. The molecule has 0 aliphatic carbocycles. The van der Waals surface area contributed by atoms with E-state index >= 15 is 0 Å². The van der Waals surface area contributed by atoms with Gasteiger partial charge < -0.3 is 10.6 Å². The van der Waals surface area contributed by atoms with E-state index in [1.165, 1.54) is 0 Å². The fourth-order valence-electron chi connectivity index (χ4n) is 0.707. The molecule has 1 aromatic carbocycles. The lowest BCUT2D eigenvalue weighted by molar-refractivity contribution is 0.342. The first-order valence-corrected chi connectivity index (χ1v) is 3.87. The van der Waals surface area contributed by atoms with Crippen LogP contribution < -0.4 is 10.6 Å². The molecule has 0 aliphatic heterocycles. The summed E-state index contributed by atoms with van der Waals surface area (Å²) in [5.74, 6) is 0.741. The van der Waals surface area contributed by atoms with Crippen LogP contribution in [0.4, 0.5) is 0 Å². The molecule has 0 saturated carbocycles. The lowest BCUT2D eigenvalue weighted by Gasteiger charge is -1.95. The van der Waals surface area contributed by atoms with Crippen LogP contribution in [0.25, 0.3) is 0 Å². The molecule has 1 rings (SSSR count). The summed E-state index contributed by atoms with van der Waals surface area (Å²) in [6.07, 6.45) is 2.40. The van der Waals surface area contributed by atoms with Gasteiger partial charge in [0.2, 0.25) is 0 Å². The van der Waals surface area contributed by atoms with Gasteiger partial charge in [-0.2, -0.15) is 0 Å². The number of nitrogens with zero attached hydrogens (tertiary/aromatic N) is 1. The van der Waals surface area contributed by atoms with Crippen LogP contribution in [-0.2, 0) is 0 Å². The Morgan fingerprint density at radius 3 is 2.75 bits per heavy atom. The molecule has 0 bridgehead atoms. The Hall–Kier alpha value is -1.35. The van der Waals surface area contributed by atoms with Gasteiger partial charge in [-0.15, -0.1) is 0 Å². The number of oxime groups is 1. The molecule has 0 fully saturated rings. The summed E-state index contributed by atoms with van der Waals surface area (Å²) in [6, 6.07) is 9.41. The topological polar surface area (TPSA) is 47.6 Å². The third-order valence-electron chi connectivity index (χ3n) is 1.27. The monoisotopic (exact) mass is 164 g/mol. The highest BCUT2D eigenvalue weighted by molar-refractivity contribution is 5.56. The van der Waals surface area contributed by atoms with E-state index in [9.17, 15) is 0 Å². The van der Waals surface area contributed by atoms with Crippen molar-refractivity contribution in [3.05, 3.63) is 30.3 Å². The van der Waals surface area contributed by atoms with E-state index in [1.54, 1.807) is 6.21 Å². The maximum atomic E-state index is 5.26. The summed E-state index contributed by atoms with van der Waals surface area (Å²) in [5.41, 5.74) is 5.26. The van der Waals surface area contributed by atoms with E-state index in [2.05, 4.69) is 5.16 Å². The van der Waals surface area contributed by atoms with Crippen molar-refractivity contribution in [2.45, 2.75) is 6.42 Å². The van der Waals surface area contributed by atoms with Gasteiger partial charge in [-0.1, -0.05) is 23.4 Å². The Bertz CT molecular complexity index is 234. The average molecular weight is 164 g/mol. The van der Waals surface area contributed by atoms with Gasteiger partial charge in [-0.05, 0) is 25.1 Å². The fourth-order valence-corrected chi connectivity index (χ4v) is 0.707. The number of rotatable bonds is 4. The predicted molar refractivity (Wildman–Crippen MR) is 49.2 cm³/mol. The molecule has 0 aromatic heterocycles. The zero-order valence-corrected chi connectivity index (χ0v) is 6.81. The average Bonchev–Trinajstić information content (AvgIpc) is 2.14. The highest BCUT2D eigenvalue weighted by atomic mass is 16.6. The van der Waals surface area contributed by atoms with Crippen LogP contribution in [0, 0.1) is 0 Å². The van der Waals surface area contributed by atoms with Crippen molar-refractivity contribution >= 4 is 6.21 Å². The SMILES string of the molecule is NCCC=NOc1ccccc1. The molecule has 0 amide bonds. The lowest BCUT2D eigenvalue weighted by Crippen LogP contribution is -1.98. The second-order valence-electron chi connectivity index (χ2n) is 2.27. The Balaban J connectivity index is 2.33. The summed E-state index contributed by atoms with van der Waals surface area (Å²) in [5, 5.41) is 3.73. The molecule has 1 aromatic rings. The minimum Gasteiger partial charge on any atom is -0.357 e. The maximum absolute atomic E-state index is 5.26. The molecule has 0 heterocycles. The smallest absolute Gasteiger partial charge is 0.157 e. The second kappa shape index (κ2) is 5.32. The molecule has 2 N–H and O–H groups in total. The first-order valence-electron chi connectivity index (χ1n) is 3.87. The van der Waals surface area contributed by atoms with Gasteiger partial charge in [0.25, 0.3) is 0 Å². The fraction of sp³-hybridized carbons (Fsp3) is 0.222. The third kappa shape index (κ3) is 3.16. The summed E-state index contributed by atoms with van der Waals surface area (Å²) in [7, 11) is 0. The van der Waals surface area contributed by atoms with Crippen LogP contribution in [0.3, 0.4) is 0 Å². The van der Waals surface area contributed by atoms with Crippen molar-refractivity contribution in [3.63, 3.8) is 0 Å². The van der Waals surface area contributed by atoms with Gasteiger partial charge in [0.15, 0.2) is 5.75 Å². The van der Waals surface area contributed by atoms with Crippen molar-refractivity contribution in [2.24, 2.45) is 10.9 Å². The van der Waals surface area contributed by atoms with Crippen molar-refractivity contribution in [3.8, 4) is 5.75 Å². The Kier molecular flexibility index (Phi) is 3.88. The molecule has 0 aliphatic rings. The first-order chi connectivity index (χ1) is 5.93. The van der Waals surface area contributed by atoms with E-state index in [0.717, 1.165) is 12.2 Å². The van der Waals surface area contributed by atoms with E-state index in [-0.39, 0.29) is 0 Å². The van der Waals surface area contributed by atoms with Gasteiger partial charge in [0, 0.05) is 6.21 Å². The number of nitrogens with two attached hydrogens (primary N) is 1. The molecule has 0 unspecified atom stereocenters. The predicted octanol–water partition coefficient (Wildman–Crippen LogP) is 1.40. The summed E-state index contributed by atoms with van der Waals surface area (Å²) < 4.78 is 0. The van der Waals surface area contributed by atoms with E-state index in [0.29, 0.717) is 6.54 Å². The zero-order valence-electron chi connectivity index (χ0n) is 6.81. The van der Waals surface area contributed by atoms with Crippen molar-refractivity contribution in [1.29, 1.82) is 0 Å². The molecule has 12 heavy (non-hydrogen) atoms. The van der Waals surface area contributed by atoms with E-state index in [4.69, 9.17) is 10.6 Å². The van der Waals surface area contributed by atoms with Gasteiger partial charge in [0.1, 0.15) is 0 Å². The number of para-hydroxylation sites is 1. The quantitative estimate of drug-likeness (QED) is 0.540. The van der Waals surface area contributed by atoms with Gasteiger partial charge >= 0.3 is 0 Å². The molecule has 3 nitrogen and oxygen atoms in total. The minimum atomic E-state index is 0.599. The van der Waals surface area contributed by atoms with Crippen molar-refractivity contribution < 1.29 is 4.84 Å². The largest absolute Gasteiger partial charge is 0.357 e. The molecular weight excluding hydrogens is 152 g/mol. The Morgan fingerprint density at radius 1 is 1.33 bits per heavy atom. The Morgan fingerprint density at radius 2 is 2.08 bits per heavy atom. The van der Waals surface area contributed by atoms with Gasteiger partial charge in [0.05, 0.1) is 0 Å². The lowest BCUT2D eigenvalue weighted by atomic mass is 10.3.